The fourth-order valence-electron chi connectivity index (χ4n) is 3.32. The molecule has 0 bridgehead atoms. The van der Waals surface area contributed by atoms with Crippen LogP contribution in [0.4, 0.5) is 0 Å². The molecule has 0 saturated carbocycles. The molecular weight excluding hydrogens is 298 g/mol. The number of allylic oxidation sites excluding steroid dienone is 1. The Morgan fingerprint density at radius 3 is 2.33 bits per heavy atom. The van der Waals surface area contributed by atoms with Crippen LogP contribution in [0.25, 0.3) is 0 Å². The number of rotatable bonds is 9. The SMILES string of the molecule is C=CCc1cc(CNC(C)(C)CC(C)(C)C)cc(OC)c1OCC. The first-order valence-corrected chi connectivity index (χ1v) is 8.80. The van der Waals surface area contributed by atoms with Crippen LogP contribution in [-0.4, -0.2) is 19.3 Å². The summed E-state index contributed by atoms with van der Waals surface area (Å²) < 4.78 is 11.3. The first-order valence-electron chi connectivity index (χ1n) is 8.80. The van der Waals surface area contributed by atoms with Gasteiger partial charge >= 0.3 is 0 Å². The van der Waals surface area contributed by atoms with Crippen LogP contribution in [0.2, 0.25) is 0 Å². The number of hydrogen-bond donors (Lipinski definition) is 1. The van der Waals surface area contributed by atoms with E-state index in [1.807, 2.05) is 13.0 Å². The number of hydrogen-bond acceptors (Lipinski definition) is 3. The zero-order chi connectivity index (χ0) is 18.4. The second kappa shape index (κ2) is 8.57. The predicted octanol–water partition coefficient (Wildman–Crippen LogP) is 5.13. The smallest absolute Gasteiger partial charge is 0.164 e. The van der Waals surface area contributed by atoms with Gasteiger partial charge in [0.2, 0.25) is 0 Å². The zero-order valence-corrected chi connectivity index (χ0v) is 16.6. The van der Waals surface area contributed by atoms with Gasteiger partial charge in [-0.05, 0) is 50.7 Å². The third-order valence-corrected chi connectivity index (χ3v) is 3.81. The lowest BCUT2D eigenvalue weighted by Crippen LogP contribution is -2.41. The Morgan fingerprint density at radius 1 is 1.17 bits per heavy atom. The number of methoxy groups -OCH3 is 1. The molecule has 0 amide bonds. The summed E-state index contributed by atoms with van der Waals surface area (Å²) in [5.41, 5.74) is 2.69. The minimum Gasteiger partial charge on any atom is -0.493 e. The molecule has 1 aromatic rings. The van der Waals surface area contributed by atoms with Crippen molar-refractivity contribution >= 4 is 0 Å². The van der Waals surface area contributed by atoms with Crippen molar-refractivity contribution in [3.8, 4) is 11.5 Å². The van der Waals surface area contributed by atoms with E-state index in [2.05, 4.69) is 58.6 Å². The summed E-state index contributed by atoms with van der Waals surface area (Å²) in [6.45, 7) is 18.6. The molecule has 3 heteroatoms. The molecule has 0 atom stereocenters. The van der Waals surface area contributed by atoms with Crippen molar-refractivity contribution in [1.29, 1.82) is 0 Å². The van der Waals surface area contributed by atoms with Crippen LogP contribution in [0.5, 0.6) is 11.5 Å². The van der Waals surface area contributed by atoms with Crippen LogP contribution in [0, 0.1) is 5.41 Å². The molecule has 1 rings (SSSR count). The van der Waals surface area contributed by atoms with E-state index in [0.717, 1.165) is 36.4 Å². The Morgan fingerprint density at radius 2 is 1.83 bits per heavy atom. The van der Waals surface area contributed by atoms with Crippen LogP contribution < -0.4 is 14.8 Å². The number of nitrogens with one attached hydrogen (secondary N) is 1. The molecule has 0 aliphatic rings. The van der Waals surface area contributed by atoms with E-state index in [1.165, 1.54) is 5.56 Å². The Hall–Kier alpha value is -1.48. The molecule has 1 N–H and O–H groups in total. The van der Waals surface area contributed by atoms with Crippen molar-refractivity contribution in [2.75, 3.05) is 13.7 Å². The Balaban J connectivity index is 2.99. The zero-order valence-electron chi connectivity index (χ0n) is 16.6. The van der Waals surface area contributed by atoms with Crippen molar-refractivity contribution < 1.29 is 9.47 Å². The van der Waals surface area contributed by atoms with E-state index in [1.54, 1.807) is 7.11 Å². The van der Waals surface area contributed by atoms with E-state index in [-0.39, 0.29) is 5.54 Å². The van der Waals surface area contributed by atoms with Gasteiger partial charge in [0.1, 0.15) is 0 Å². The van der Waals surface area contributed by atoms with Gasteiger partial charge in [-0.2, -0.15) is 0 Å². The normalized spacial score (nSPS) is 12.1. The maximum absolute atomic E-state index is 5.78. The lowest BCUT2D eigenvalue weighted by molar-refractivity contribution is 0.240. The maximum Gasteiger partial charge on any atom is 0.164 e. The monoisotopic (exact) mass is 333 g/mol. The predicted molar refractivity (Wildman–Crippen MR) is 103 cm³/mol. The molecule has 24 heavy (non-hydrogen) atoms. The first kappa shape index (κ1) is 20.6. The molecular formula is C21H35NO2. The molecule has 3 nitrogen and oxygen atoms in total. The molecule has 0 aliphatic carbocycles. The van der Waals surface area contributed by atoms with Crippen molar-refractivity contribution in [2.45, 2.75) is 66.5 Å². The van der Waals surface area contributed by atoms with E-state index >= 15 is 0 Å². The van der Waals surface area contributed by atoms with Crippen molar-refractivity contribution in [3.05, 3.63) is 35.9 Å². The van der Waals surface area contributed by atoms with Gasteiger partial charge in [-0.25, -0.2) is 0 Å². The standard InChI is InChI=1S/C21H35NO2/c1-9-11-17-12-16(13-18(23-8)19(17)24-10-2)14-22-21(6,7)15-20(3,4)5/h9,12-13,22H,1,10-11,14-15H2,2-8H3. The Bertz CT molecular complexity index is 542. The van der Waals surface area contributed by atoms with E-state index in [0.29, 0.717) is 12.0 Å². The topological polar surface area (TPSA) is 30.5 Å². The molecule has 0 aromatic heterocycles. The number of benzene rings is 1. The average Bonchev–Trinajstić information content (AvgIpc) is 2.45. The van der Waals surface area contributed by atoms with Crippen molar-refractivity contribution in [3.63, 3.8) is 0 Å². The van der Waals surface area contributed by atoms with E-state index < -0.39 is 0 Å². The van der Waals surface area contributed by atoms with Gasteiger partial charge < -0.3 is 14.8 Å². The summed E-state index contributed by atoms with van der Waals surface area (Å²) in [5.74, 6) is 1.62. The van der Waals surface area contributed by atoms with Crippen LogP contribution in [0.15, 0.2) is 24.8 Å². The summed E-state index contributed by atoms with van der Waals surface area (Å²) in [5, 5.41) is 3.68. The van der Waals surface area contributed by atoms with Crippen LogP contribution in [0.3, 0.4) is 0 Å². The van der Waals surface area contributed by atoms with Gasteiger partial charge in [0.05, 0.1) is 13.7 Å². The van der Waals surface area contributed by atoms with E-state index in [9.17, 15) is 0 Å². The van der Waals surface area contributed by atoms with Crippen molar-refractivity contribution in [1.82, 2.24) is 5.32 Å². The molecule has 0 radical (unpaired) electrons. The fraction of sp³-hybridized carbons (Fsp3) is 0.619. The third-order valence-electron chi connectivity index (χ3n) is 3.81. The second-order valence-electron chi connectivity index (χ2n) is 8.19. The summed E-state index contributed by atoms with van der Waals surface area (Å²) >= 11 is 0. The van der Waals surface area contributed by atoms with Gasteiger partial charge in [0, 0.05) is 17.6 Å². The summed E-state index contributed by atoms with van der Waals surface area (Å²) in [6.07, 6.45) is 3.77. The molecule has 0 heterocycles. The second-order valence-corrected chi connectivity index (χ2v) is 8.19. The van der Waals surface area contributed by atoms with Crippen LogP contribution in [0.1, 0.15) is 59.1 Å². The minimum atomic E-state index is 0.0721. The largest absolute Gasteiger partial charge is 0.493 e. The molecule has 0 aliphatic heterocycles. The highest BCUT2D eigenvalue weighted by molar-refractivity contribution is 5.50. The van der Waals surface area contributed by atoms with Gasteiger partial charge in [-0.3, -0.25) is 0 Å². The highest BCUT2D eigenvalue weighted by atomic mass is 16.5. The van der Waals surface area contributed by atoms with E-state index in [4.69, 9.17) is 9.47 Å². The van der Waals surface area contributed by atoms with Gasteiger partial charge in [-0.15, -0.1) is 6.58 Å². The molecule has 1 aromatic carbocycles. The minimum absolute atomic E-state index is 0.0721. The van der Waals surface area contributed by atoms with Gasteiger partial charge in [0.15, 0.2) is 11.5 Å². The van der Waals surface area contributed by atoms with Crippen LogP contribution in [-0.2, 0) is 13.0 Å². The van der Waals surface area contributed by atoms with Gasteiger partial charge in [-0.1, -0.05) is 32.9 Å². The summed E-state index contributed by atoms with van der Waals surface area (Å²) in [6, 6.07) is 4.26. The molecule has 136 valence electrons. The molecule has 0 fully saturated rings. The summed E-state index contributed by atoms with van der Waals surface area (Å²) in [4.78, 5) is 0. The highest BCUT2D eigenvalue weighted by Crippen LogP contribution is 2.34. The van der Waals surface area contributed by atoms with Gasteiger partial charge in [0.25, 0.3) is 0 Å². The average molecular weight is 334 g/mol. The van der Waals surface area contributed by atoms with Crippen LogP contribution >= 0.6 is 0 Å². The fourth-order valence-corrected chi connectivity index (χ4v) is 3.32. The molecule has 0 saturated heterocycles. The number of ether oxygens (including phenoxy) is 2. The summed E-state index contributed by atoms with van der Waals surface area (Å²) in [7, 11) is 1.69. The maximum atomic E-state index is 5.78. The lowest BCUT2D eigenvalue weighted by Gasteiger charge is -2.33. The molecule has 0 spiro atoms. The third kappa shape index (κ3) is 6.56. The lowest BCUT2D eigenvalue weighted by atomic mass is 9.81. The first-order chi connectivity index (χ1) is 11.1. The highest BCUT2D eigenvalue weighted by Gasteiger charge is 2.25. The quantitative estimate of drug-likeness (QED) is 0.636. The Labute approximate surface area is 148 Å². The Kier molecular flexibility index (Phi) is 7.34. The molecule has 0 unspecified atom stereocenters. The van der Waals surface area contributed by atoms with Crippen molar-refractivity contribution in [2.24, 2.45) is 5.41 Å².